The third kappa shape index (κ3) is 1.69. The maximum atomic E-state index is 12.8. The van der Waals surface area contributed by atoms with Crippen molar-refractivity contribution in [3.8, 4) is 11.5 Å². The lowest BCUT2D eigenvalue weighted by Gasteiger charge is -2.07. The van der Waals surface area contributed by atoms with Gasteiger partial charge in [-0.05, 0) is 35.0 Å². The molecule has 0 aliphatic carbocycles. The van der Waals surface area contributed by atoms with Crippen molar-refractivity contribution >= 4 is 15.9 Å². The highest BCUT2D eigenvalue weighted by Crippen LogP contribution is 2.35. The molecule has 0 aliphatic heterocycles. The van der Waals surface area contributed by atoms with Gasteiger partial charge < -0.3 is 9.84 Å². The van der Waals surface area contributed by atoms with Crippen LogP contribution < -0.4 is 4.74 Å². The molecule has 12 heavy (non-hydrogen) atoms. The molecule has 2 nitrogen and oxygen atoms in total. The third-order valence-electron chi connectivity index (χ3n) is 1.32. The molecule has 0 aromatic heterocycles. The van der Waals surface area contributed by atoms with E-state index in [2.05, 4.69) is 15.9 Å². The van der Waals surface area contributed by atoms with Crippen LogP contribution in [0.3, 0.4) is 0 Å². The highest BCUT2D eigenvalue weighted by Gasteiger charge is 2.10. The van der Waals surface area contributed by atoms with Crippen LogP contribution in [0, 0.1) is 5.82 Å². The predicted molar refractivity (Wildman–Crippen MR) is 46.9 cm³/mol. The van der Waals surface area contributed by atoms with E-state index in [9.17, 15) is 9.50 Å². The van der Waals surface area contributed by atoms with Gasteiger partial charge in [0.05, 0.1) is 11.1 Å². The Kier molecular flexibility index (Phi) is 2.92. The molecule has 0 spiro atoms. The maximum Gasteiger partial charge on any atom is 0.178 e. The van der Waals surface area contributed by atoms with Crippen LogP contribution >= 0.6 is 15.9 Å². The minimum absolute atomic E-state index is 0.0647. The first-order valence-corrected chi connectivity index (χ1v) is 4.26. The molecule has 0 amide bonds. The molecule has 0 saturated carbocycles. The first-order chi connectivity index (χ1) is 5.66. The number of benzene rings is 1. The lowest BCUT2D eigenvalue weighted by molar-refractivity contribution is 0.313. The quantitative estimate of drug-likeness (QED) is 0.853. The number of halogens is 2. The summed E-state index contributed by atoms with van der Waals surface area (Å²) >= 11 is 2.97. The first-order valence-electron chi connectivity index (χ1n) is 3.46. The van der Waals surface area contributed by atoms with Gasteiger partial charge in [0.1, 0.15) is 5.82 Å². The smallest absolute Gasteiger partial charge is 0.178 e. The van der Waals surface area contributed by atoms with Crippen LogP contribution in [-0.2, 0) is 0 Å². The highest BCUT2D eigenvalue weighted by atomic mass is 79.9. The monoisotopic (exact) mass is 234 g/mol. The molecule has 1 rings (SSSR count). The number of ether oxygens (including phenoxy) is 1. The van der Waals surface area contributed by atoms with Crippen molar-refractivity contribution in [2.75, 3.05) is 6.61 Å². The zero-order valence-corrected chi connectivity index (χ0v) is 8.06. The summed E-state index contributed by atoms with van der Waals surface area (Å²) in [7, 11) is 0. The molecule has 0 atom stereocenters. The van der Waals surface area contributed by atoms with Crippen LogP contribution in [0.4, 0.5) is 4.39 Å². The zero-order chi connectivity index (χ0) is 9.14. The minimum atomic E-state index is -0.448. The number of hydrogen-bond donors (Lipinski definition) is 1. The van der Waals surface area contributed by atoms with Gasteiger partial charge in [0.25, 0.3) is 0 Å². The summed E-state index contributed by atoms with van der Waals surface area (Å²) in [5.41, 5.74) is 0. The van der Waals surface area contributed by atoms with E-state index in [0.29, 0.717) is 6.61 Å². The summed E-state index contributed by atoms with van der Waals surface area (Å²) in [6, 6.07) is 2.42. The molecule has 66 valence electrons. The number of aromatic hydroxyl groups is 1. The van der Waals surface area contributed by atoms with Crippen molar-refractivity contribution in [1.29, 1.82) is 0 Å². The normalized spacial score (nSPS) is 9.92. The largest absolute Gasteiger partial charge is 0.504 e. The van der Waals surface area contributed by atoms with E-state index in [1.54, 1.807) is 6.92 Å². The summed E-state index contributed by atoms with van der Waals surface area (Å²) in [6.07, 6.45) is 0. The van der Waals surface area contributed by atoms with Crippen molar-refractivity contribution in [1.82, 2.24) is 0 Å². The van der Waals surface area contributed by atoms with Gasteiger partial charge in [0.15, 0.2) is 11.5 Å². The van der Waals surface area contributed by atoms with E-state index in [1.165, 1.54) is 12.1 Å². The van der Waals surface area contributed by atoms with Crippen molar-refractivity contribution in [3.63, 3.8) is 0 Å². The van der Waals surface area contributed by atoms with Crippen LogP contribution in [0.1, 0.15) is 6.92 Å². The van der Waals surface area contributed by atoms with Gasteiger partial charge in [-0.1, -0.05) is 0 Å². The van der Waals surface area contributed by atoms with Crippen molar-refractivity contribution < 1.29 is 14.2 Å². The second-order valence-corrected chi connectivity index (χ2v) is 2.94. The Labute approximate surface area is 78.1 Å². The summed E-state index contributed by atoms with van der Waals surface area (Å²) in [4.78, 5) is 0. The lowest BCUT2D eigenvalue weighted by atomic mass is 10.3. The molecule has 1 aromatic rings. The third-order valence-corrected chi connectivity index (χ3v) is 2.06. The number of hydrogen-bond acceptors (Lipinski definition) is 2. The predicted octanol–water partition coefficient (Wildman–Crippen LogP) is 2.69. The minimum Gasteiger partial charge on any atom is -0.504 e. The van der Waals surface area contributed by atoms with Crippen LogP contribution in [-0.4, -0.2) is 11.7 Å². The Hall–Kier alpha value is -0.770. The molecule has 0 fully saturated rings. The van der Waals surface area contributed by atoms with Gasteiger partial charge in [-0.15, -0.1) is 0 Å². The van der Waals surface area contributed by atoms with E-state index < -0.39 is 5.82 Å². The second kappa shape index (κ2) is 3.76. The highest BCUT2D eigenvalue weighted by molar-refractivity contribution is 9.10. The van der Waals surface area contributed by atoms with Crippen LogP contribution in [0.2, 0.25) is 0 Å². The second-order valence-electron chi connectivity index (χ2n) is 2.14. The van der Waals surface area contributed by atoms with Crippen LogP contribution in [0.25, 0.3) is 0 Å². The fourth-order valence-electron chi connectivity index (χ4n) is 0.803. The van der Waals surface area contributed by atoms with Crippen LogP contribution in [0.5, 0.6) is 11.5 Å². The molecule has 0 bridgehead atoms. The molecular weight excluding hydrogens is 227 g/mol. The number of phenols is 1. The molecule has 0 aliphatic rings. The van der Waals surface area contributed by atoms with E-state index in [0.717, 1.165) is 0 Å². The van der Waals surface area contributed by atoms with Crippen LogP contribution in [0.15, 0.2) is 16.6 Å². The number of rotatable bonds is 2. The summed E-state index contributed by atoms with van der Waals surface area (Å²) in [5.74, 6) is -0.362. The molecule has 0 heterocycles. The van der Waals surface area contributed by atoms with E-state index in [1.807, 2.05) is 0 Å². The molecular formula is C8H8BrFO2. The van der Waals surface area contributed by atoms with E-state index >= 15 is 0 Å². The Balaban J connectivity index is 3.14. The zero-order valence-electron chi connectivity index (χ0n) is 6.47. The van der Waals surface area contributed by atoms with Gasteiger partial charge in [0, 0.05) is 0 Å². The molecule has 4 heteroatoms. The molecule has 0 unspecified atom stereocenters. The Bertz CT molecular complexity index is 289. The average molecular weight is 235 g/mol. The van der Waals surface area contributed by atoms with Gasteiger partial charge >= 0.3 is 0 Å². The van der Waals surface area contributed by atoms with Crippen molar-refractivity contribution in [2.45, 2.75) is 6.92 Å². The van der Waals surface area contributed by atoms with Gasteiger partial charge in [-0.2, -0.15) is 0 Å². The molecule has 1 N–H and O–H groups in total. The maximum absolute atomic E-state index is 12.8. The van der Waals surface area contributed by atoms with Gasteiger partial charge in [0.2, 0.25) is 0 Å². The summed E-state index contributed by atoms with van der Waals surface area (Å²) in [5, 5.41) is 9.23. The van der Waals surface area contributed by atoms with Gasteiger partial charge in [-0.3, -0.25) is 0 Å². The fraction of sp³-hybridized carbons (Fsp3) is 0.250. The average Bonchev–Trinajstić information content (AvgIpc) is 2.06. The first kappa shape index (κ1) is 9.32. The fourth-order valence-corrected chi connectivity index (χ4v) is 1.25. The van der Waals surface area contributed by atoms with Crippen molar-refractivity contribution in [3.05, 3.63) is 22.4 Å². The topological polar surface area (TPSA) is 29.5 Å². The number of phenolic OH excluding ortho intramolecular Hbond substituents is 1. The molecule has 0 radical (unpaired) electrons. The molecule has 0 saturated heterocycles. The standard InChI is InChI=1S/C8H8BrFO2/c1-2-12-8-6(11)4-3-5(10)7(8)9/h3-4,11H,2H2,1H3. The van der Waals surface area contributed by atoms with Crippen molar-refractivity contribution in [2.24, 2.45) is 0 Å². The SMILES string of the molecule is CCOc1c(O)ccc(F)c1Br. The Morgan fingerprint density at radius 1 is 1.58 bits per heavy atom. The Morgan fingerprint density at radius 3 is 2.83 bits per heavy atom. The summed E-state index contributed by atoms with van der Waals surface area (Å²) < 4.78 is 18.0. The van der Waals surface area contributed by atoms with E-state index in [-0.39, 0.29) is 16.0 Å². The van der Waals surface area contributed by atoms with E-state index in [4.69, 9.17) is 4.74 Å². The van der Waals surface area contributed by atoms with Gasteiger partial charge in [-0.25, -0.2) is 4.39 Å². The molecule has 1 aromatic carbocycles. The summed E-state index contributed by atoms with van der Waals surface area (Å²) in [6.45, 7) is 2.15. The lowest BCUT2D eigenvalue weighted by Crippen LogP contribution is -1.94. The Morgan fingerprint density at radius 2 is 2.25 bits per heavy atom.